The van der Waals surface area contributed by atoms with Crippen LogP contribution in [0.25, 0.3) is 10.8 Å². The van der Waals surface area contributed by atoms with Gasteiger partial charge in [0.2, 0.25) is 0 Å². The molecule has 0 aliphatic carbocycles. The monoisotopic (exact) mass is 299 g/mol. The summed E-state index contributed by atoms with van der Waals surface area (Å²) in [6.07, 6.45) is 1.79. The summed E-state index contributed by atoms with van der Waals surface area (Å²) in [5.74, 6) is 0.711. The minimum Gasteiger partial charge on any atom is -0.496 e. The first-order valence-corrected chi connectivity index (χ1v) is 6.97. The van der Waals surface area contributed by atoms with E-state index in [9.17, 15) is 4.79 Å². The number of fused-ring (bicyclic) bond motifs is 1. The molecule has 3 aromatic rings. The molecule has 0 atom stereocenters. The summed E-state index contributed by atoms with van der Waals surface area (Å²) in [6, 6.07) is 14.9. The lowest BCUT2D eigenvalue weighted by atomic mass is 10.1. The van der Waals surface area contributed by atoms with Gasteiger partial charge in [0.25, 0.3) is 5.56 Å². The zero-order chi connectivity index (χ0) is 14.8. The molecule has 0 N–H and O–H groups in total. The molecule has 0 aliphatic rings. The zero-order valence-corrected chi connectivity index (χ0v) is 12.3. The van der Waals surface area contributed by atoms with Crippen molar-refractivity contribution in [2.75, 3.05) is 7.11 Å². The van der Waals surface area contributed by atoms with Gasteiger partial charge in [-0.25, -0.2) is 0 Å². The van der Waals surface area contributed by atoms with Gasteiger partial charge in [-0.1, -0.05) is 29.8 Å². The van der Waals surface area contributed by atoms with Crippen molar-refractivity contribution in [3.8, 4) is 5.75 Å². The van der Waals surface area contributed by atoms with E-state index in [1.807, 2.05) is 48.5 Å². The Hall–Kier alpha value is -2.26. The number of hydrogen-bond acceptors (Lipinski definition) is 2. The molecule has 1 aromatic heterocycles. The fraction of sp³-hybridized carbons (Fsp3) is 0.118. The second-order valence-electron chi connectivity index (χ2n) is 4.80. The Morgan fingerprint density at radius 3 is 2.52 bits per heavy atom. The highest BCUT2D eigenvalue weighted by molar-refractivity contribution is 6.30. The molecular weight excluding hydrogens is 286 g/mol. The fourth-order valence-corrected chi connectivity index (χ4v) is 2.50. The molecule has 3 nitrogen and oxygen atoms in total. The molecule has 0 radical (unpaired) electrons. The van der Waals surface area contributed by atoms with Crippen molar-refractivity contribution in [1.82, 2.24) is 4.57 Å². The van der Waals surface area contributed by atoms with E-state index in [0.29, 0.717) is 22.7 Å². The summed E-state index contributed by atoms with van der Waals surface area (Å²) in [4.78, 5) is 12.5. The average Bonchev–Trinajstić information content (AvgIpc) is 2.51. The van der Waals surface area contributed by atoms with Gasteiger partial charge in [0.05, 0.1) is 19.0 Å². The number of methoxy groups -OCH3 is 1. The predicted molar refractivity (Wildman–Crippen MR) is 85.3 cm³/mol. The highest BCUT2D eigenvalue weighted by Gasteiger charge is 2.07. The topological polar surface area (TPSA) is 31.2 Å². The molecule has 0 saturated carbocycles. The van der Waals surface area contributed by atoms with Gasteiger partial charge in [0.1, 0.15) is 5.75 Å². The lowest BCUT2D eigenvalue weighted by Crippen LogP contribution is -2.20. The Morgan fingerprint density at radius 2 is 1.81 bits per heavy atom. The van der Waals surface area contributed by atoms with Crippen LogP contribution in [0.5, 0.6) is 5.75 Å². The normalized spacial score (nSPS) is 10.8. The van der Waals surface area contributed by atoms with Crippen molar-refractivity contribution >= 4 is 22.4 Å². The molecule has 0 aliphatic heterocycles. The predicted octanol–water partition coefficient (Wildman–Crippen LogP) is 3.71. The smallest absolute Gasteiger partial charge is 0.258 e. The molecule has 0 bridgehead atoms. The molecule has 0 saturated heterocycles. The van der Waals surface area contributed by atoms with Crippen molar-refractivity contribution in [1.29, 1.82) is 0 Å². The summed E-state index contributed by atoms with van der Waals surface area (Å²) < 4.78 is 6.98. The Morgan fingerprint density at radius 1 is 1.05 bits per heavy atom. The lowest BCUT2D eigenvalue weighted by Gasteiger charge is -2.09. The molecule has 3 rings (SSSR count). The molecule has 106 valence electrons. The van der Waals surface area contributed by atoms with Gasteiger partial charge in [-0.3, -0.25) is 4.79 Å². The summed E-state index contributed by atoms with van der Waals surface area (Å²) in [5.41, 5.74) is 1.00. The van der Waals surface area contributed by atoms with E-state index in [0.717, 1.165) is 10.9 Å². The Kier molecular flexibility index (Phi) is 3.67. The molecule has 0 amide bonds. The molecular formula is C17H14ClNO2. The first-order valence-electron chi connectivity index (χ1n) is 6.59. The molecule has 2 aromatic carbocycles. The number of nitrogens with zero attached hydrogens (tertiary/aromatic N) is 1. The van der Waals surface area contributed by atoms with Gasteiger partial charge in [-0.2, -0.15) is 0 Å². The Balaban J connectivity index is 2.06. The molecule has 21 heavy (non-hydrogen) atoms. The van der Waals surface area contributed by atoms with Crippen molar-refractivity contribution in [3.63, 3.8) is 0 Å². The molecule has 4 heteroatoms. The highest BCUT2D eigenvalue weighted by atomic mass is 35.5. The van der Waals surface area contributed by atoms with E-state index in [-0.39, 0.29) is 5.56 Å². The van der Waals surface area contributed by atoms with E-state index >= 15 is 0 Å². The number of halogens is 1. The average molecular weight is 300 g/mol. The van der Waals surface area contributed by atoms with Crippen LogP contribution in [-0.2, 0) is 6.54 Å². The maximum absolute atomic E-state index is 12.5. The van der Waals surface area contributed by atoms with Gasteiger partial charge >= 0.3 is 0 Å². The van der Waals surface area contributed by atoms with Gasteiger partial charge in [-0.05, 0) is 35.9 Å². The van der Waals surface area contributed by atoms with Crippen LogP contribution in [0, 0.1) is 0 Å². The van der Waals surface area contributed by atoms with Crippen LogP contribution in [0.4, 0.5) is 0 Å². The maximum atomic E-state index is 12.5. The molecule has 1 heterocycles. The van der Waals surface area contributed by atoms with Crippen molar-refractivity contribution in [3.05, 3.63) is 75.7 Å². The van der Waals surface area contributed by atoms with Crippen molar-refractivity contribution in [2.45, 2.75) is 6.54 Å². The molecule has 0 spiro atoms. The van der Waals surface area contributed by atoms with E-state index in [1.165, 1.54) is 0 Å². The number of ether oxygens (including phenoxy) is 1. The summed E-state index contributed by atoms with van der Waals surface area (Å²) in [5, 5.41) is 2.18. The number of pyridine rings is 1. The standard InChI is InChI=1S/C17H14ClNO2/c1-21-16-4-2-3-15-14(16)9-10-19(17(15)20)11-12-5-7-13(18)8-6-12/h2-10H,11H2,1H3. The van der Waals surface area contributed by atoms with Crippen LogP contribution >= 0.6 is 11.6 Å². The zero-order valence-electron chi connectivity index (χ0n) is 11.5. The summed E-state index contributed by atoms with van der Waals surface area (Å²) in [6.45, 7) is 0.517. The number of benzene rings is 2. The second kappa shape index (κ2) is 5.62. The number of rotatable bonds is 3. The maximum Gasteiger partial charge on any atom is 0.258 e. The third-order valence-corrected chi connectivity index (χ3v) is 3.72. The SMILES string of the molecule is COc1cccc2c(=O)n(Cc3ccc(Cl)cc3)ccc12. The van der Waals surface area contributed by atoms with Crippen LogP contribution in [0.15, 0.2) is 59.5 Å². The quantitative estimate of drug-likeness (QED) is 0.738. The minimum atomic E-state index is -0.0265. The largest absolute Gasteiger partial charge is 0.496 e. The van der Waals surface area contributed by atoms with E-state index < -0.39 is 0 Å². The molecule has 0 fully saturated rings. The van der Waals surface area contributed by atoms with Crippen LogP contribution in [0.3, 0.4) is 0 Å². The van der Waals surface area contributed by atoms with Crippen molar-refractivity contribution in [2.24, 2.45) is 0 Å². The van der Waals surface area contributed by atoms with Crippen LogP contribution in [-0.4, -0.2) is 11.7 Å². The Labute approximate surface area is 127 Å². The van der Waals surface area contributed by atoms with Crippen LogP contribution in [0.2, 0.25) is 5.02 Å². The lowest BCUT2D eigenvalue weighted by molar-refractivity contribution is 0.419. The second-order valence-corrected chi connectivity index (χ2v) is 5.23. The number of aromatic nitrogens is 1. The van der Waals surface area contributed by atoms with Gasteiger partial charge in [0.15, 0.2) is 0 Å². The highest BCUT2D eigenvalue weighted by Crippen LogP contribution is 2.22. The van der Waals surface area contributed by atoms with E-state index in [2.05, 4.69) is 0 Å². The first kappa shape index (κ1) is 13.7. The van der Waals surface area contributed by atoms with Gasteiger partial charge in [0, 0.05) is 16.6 Å². The van der Waals surface area contributed by atoms with Crippen molar-refractivity contribution < 1.29 is 4.74 Å². The number of hydrogen-bond donors (Lipinski definition) is 0. The van der Waals surface area contributed by atoms with E-state index in [1.54, 1.807) is 17.9 Å². The minimum absolute atomic E-state index is 0.0265. The summed E-state index contributed by atoms with van der Waals surface area (Å²) >= 11 is 5.87. The third-order valence-electron chi connectivity index (χ3n) is 3.46. The third kappa shape index (κ3) is 2.65. The first-order chi connectivity index (χ1) is 10.2. The summed E-state index contributed by atoms with van der Waals surface area (Å²) in [7, 11) is 1.61. The fourth-order valence-electron chi connectivity index (χ4n) is 2.38. The van der Waals surface area contributed by atoms with E-state index in [4.69, 9.17) is 16.3 Å². The molecule has 0 unspecified atom stereocenters. The Bertz CT molecular complexity index is 838. The van der Waals surface area contributed by atoms with Gasteiger partial charge < -0.3 is 9.30 Å². The van der Waals surface area contributed by atoms with Crippen LogP contribution in [0.1, 0.15) is 5.56 Å². The van der Waals surface area contributed by atoms with Crippen LogP contribution < -0.4 is 10.3 Å². The van der Waals surface area contributed by atoms with Gasteiger partial charge in [-0.15, -0.1) is 0 Å².